The third kappa shape index (κ3) is 6.61. The van der Waals surface area contributed by atoms with E-state index in [0.717, 1.165) is 19.6 Å². The van der Waals surface area contributed by atoms with Gasteiger partial charge in [0.2, 0.25) is 0 Å². The largest absolute Gasteiger partial charge is 0.480 e. The zero-order valence-electron chi connectivity index (χ0n) is 11.4. The maximum atomic E-state index is 11.1. The van der Waals surface area contributed by atoms with Crippen LogP contribution in [0.2, 0.25) is 0 Å². The van der Waals surface area contributed by atoms with E-state index in [9.17, 15) is 4.79 Å². The number of aliphatic carboxylic acids is 1. The Kier molecular flexibility index (Phi) is 9.03. The van der Waals surface area contributed by atoms with Crippen LogP contribution in [0.15, 0.2) is 0 Å². The molecule has 2 atom stereocenters. The number of hydrogen-bond acceptors (Lipinski definition) is 4. The highest BCUT2D eigenvalue weighted by molar-refractivity contribution is 5.73. The van der Waals surface area contributed by atoms with Crippen LogP contribution in [0.1, 0.15) is 20.8 Å². The summed E-state index contributed by atoms with van der Waals surface area (Å²) in [7, 11) is 1.59. The summed E-state index contributed by atoms with van der Waals surface area (Å²) in [5.41, 5.74) is 0. The lowest BCUT2D eigenvalue weighted by Crippen LogP contribution is -2.46. The summed E-state index contributed by atoms with van der Waals surface area (Å²) >= 11 is 0. The van der Waals surface area contributed by atoms with E-state index in [1.165, 1.54) is 0 Å². The lowest BCUT2D eigenvalue weighted by atomic mass is 10.0. The molecule has 0 aromatic heterocycles. The van der Waals surface area contributed by atoms with Crippen molar-refractivity contribution in [2.45, 2.75) is 26.8 Å². The van der Waals surface area contributed by atoms with Crippen molar-refractivity contribution in [1.29, 1.82) is 0 Å². The SMILES string of the molecule is CCN(CC)CCNC(C(=O)O)C(C)COC. The lowest BCUT2D eigenvalue weighted by molar-refractivity contribution is -0.141. The molecule has 0 aliphatic carbocycles. The molecule has 2 N–H and O–H groups in total. The van der Waals surface area contributed by atoms with E-state index in [0.29, 0.717) is 13.2 Å². The molecule has 0 rings (SSSR count). The van der Waals surface area contributed by atoms with Crippen molar-refractivity contribution in [2.24, 2.45) is 5.92 Å². The Balaban J connectivity index is 4.05. The van der Waals surface area contributed by atoms with E-state index >= 15 is 0 Å². The third-order valence-corrected chi connectivity index (χ3v) is 2.95. The van der Waals surface area contributed by atoms with E-state index in [4.69, 9.17) is 9.84 Å². The van der Waals surface area contributed by atoms with Gasteiger partial charge < -0.3 is 20.1 Å². The molecular weight excluding hydrogens is 220 g/mol. The molecule has 0 saturated heterocycles. The monoisotopic (exact) mass is 246 g/mol. The Morgan fingerprint density at radius 3 is 2.41 bits per heavy atom. The van der Waals surface area contributed by atoms with Crippen molar-refractivity contribution in [3.8, 4) is 0 Å². The minimum absolute atomic E-state index is 0.0331. The van der Waals surface area contributed by atoms with Crippen molar-refractivity contribution in [3.63, 3.8) is 0 Å². The summed E-state index contributed by atoms with van der Waals surface area (Å²) in [6.07, 6.45) is 0. The van der Waals surface area contributed by atoms with Crippen LogP contribution in [0.5, 0.6) is 0 Å². The van der Waals surface area contributed by atoms with Gasteiger partial charge in [-0.25, -0.2) is 0 Å². The molecule has 0 aromatic carbocycles. The van der Waals surface area contributed by atoms with Crippen LogP contribution in [-0.2, 0) is 9.53 Å². The molecule has 0 saturated carbocycles. The fourth-order valence-corrected chi connectivity index (χ4v) is 1.81. The lowest BCUT2D eigenvalue weighted by Gasteiger charge is -2.23. The van der Waals surface area contributed by atoms with Gasteiger partial charge in [0.25, 0.3) is 0 Å². The normalized spacial score (nSPS) is 14.9. The summed E-state index contributed by atoms with van der Waals surface area (Å²) in [6.45, 7) is 10.1. The number of carbonyl (C=O) groups is 1. The van der Waals surface area contributed by atoms with Crippen molar-refractivity contribution in [2.75, 3.05) is 39.9 Å². The van der Waals surface area contributed by atoms with E-state index in [2.05, 4.69) is 24.1 Å². The van der Waals surface area contributed by atoms with Gasteiger partial charge in [-0.3, -0.25) is 4.79 Å². The first-order valence-corrected chi connectivity index (χ1v) is 6.24. The average molecular weight is 246 g/mol. The molecule has 17 heavy (non-hydrogen) atoms. The van der Waals surface area contributed by atoms with E-state index in [1.54, 1.807) is 7.11 Å². The molecule has 5 heteroatoms. The maximum Gasteiger partial charge on any atom is 0.321 e. The van der Waals surface area contributed by atoms with Gasteiger partial charge in [0.05, 0.1) is 6.61 Å². The fraction of sp³-hybridized carbons (Fsp3) is 0.917. The molecule has 0 aliphatic heterocycles. The Bertz CT molecular complexity index is 208. The Hall–Kier alpha value is -0.650. The van der Waals surface area contributed by atoms with Gasteiger partial charge in [-0.05, 0) is 13.1 Å². The molecule has 0 amide bonds. The standard InChI is InChI=1S/C12H26N2O3/c1-5-14(6-2)8-7-13-11(12(15)16)10(3)9-17-4/h10-11,13H,5-9H2,1-4H3,(H,15,16). The topological polar surface area (TPSA) is 61.8 Å². The summed E-state index contributed by atoms with van der Waals surface area (Å²) in [5.74, 6) is -0.844. The minimum atomic E-state index is -0.811. The van der Waals surface area contributed by atoms with Crippen LogP contribution in [0.3, 0.4) is 0 Å². The number of nitrogens with zero attached hydrogens (tertiary/aromatic N) is 1. The van der Waals surface area contributed by atoms with Gasteiger partial charge in [-0.1, -0.05) is 20.8 Å². The van der Waals surface area contributed by atoms with Crippen molar-refractivity contribution >= 4 is 5.97 Å². The predicted molar refractivity (Wildman–Crippen MR) is 68.3 cm³/mol. The Morgan fingerprint density at radius 1 is 1.41 bits per heavy atom. The van der Waals surface area contributed by atoms with Gasteiger partial charge >= 0.3 is 5.97 Å². The highest BCUT2D eigenvalue weighted by Gasteiger charge is 2.23. The maximum absolute atomic E-state index is 11.1. The summed E-state index contributed by atoms with van der Waals surface area (Å²) in [4.78, 5) is 13.4. The first-order chi connectivity index (χ1) is 8.06. The molecule has 0 fully saturated rings. The van der Waals surface area contributed by atoms with Crippen LogP contribution < -0.4 is 5.32 Å². The van der Waals surface area contributed by atoms with Crippen LogP contribution >= 0.6 is 0 Å². The van der Waals surface area contributed by atoms with E-state index in [1.807, 2.05) is 6.92 Å². The second kappa shape index (κ2) is 9.39. The number of carboxylic acid groups (broad SMARTS) is 1. The first-order valence-electron chi connectivity index (χ1n) is 6.24. The average Bonchev–Trinajstić information content (AvgIpc) is 2.29. The molecule has 0 aromatic rings. The van der Waals surface area contributed by atoms with Gasteiger partial charge in [-0.2, -0.15) is 0 Å². The number of nitrogens with one attached hydrogen (secondary N) is 1. The fourth-order valence-electron chi connectivity index (χ4n) is 1.81. The van der Waals surface area contributed by atoms with Gasteiger partial charge in [0.15, 0.2) is 0 Å². The van der Waals surface area contributed by atoms with E-state index < -0.39 is 12.0 Å². The molecule has 0 aliphatic rings. The van der Waals surface area contributed by atoms with Crippen molar-refractivity contribution in [1.82, 2.24) is 10.2 Å². The number of methoxy groups -OCH3 is 1. The van der Waals surface area contributed by atoms with E-state index in [-0.39, 0.29) is 5.92 Å². The number of hydrogen-bond donors (Lipinski definition) is 2. The van der Waals surface area contributed by atoms with Crippen molar-refractivity contribution < 1.29 is 14.6 Å². The molecule has 0 spiro atoms. The number of carboxylic acids is 1. The summed E-state index contributed by atoms with van der Waals surface area (Å²) < 4.78 is 4.99. The molecule has 102 valence electrons. The molecule has 5 nitrogen and oxygen atoms in total. The Labute approximate surface area is 104 Å². The molecule has 0 heterocycles. The second-order valence-electron chi connectivity index (χ2n) is 4.23. The Morgan fingerprint density at radius 2 is 2.00 bits per heavy atom. The smallest absolute Gasteiger partial charge is 0.321 e. The van der Waals surface area contributed by atoms with Crippen molar-refractivity contribution in [3.05, 3.63) is 0 Å². The highest BCUT2D eigenvalue weighted by Crippen LogP contribution is 2.03. The molecule has 2 unspecified atom stereocenters. The quantitative estimate of drug-likeness (QED) is 0.593. The third-order valence-electron chi connectivity index (χ3n) is 2.95. The zero-order valence-corrected chi connectivity index (χ0v) is 11.4. The number of rotatable bonds is 10. The number of ether oxygens (including phenoxy) is 1. The van der Waals surface area contributed by atoms with Crippen LogP contribution in [0.4, 0.5) is 0 Å². The molecule has 0 bridgehead atoms. The van der Waals surface area contributed by atoms with Crippen LogP contribution in [0.25, 0.3) is 0 Å². The minimum Gasteiger partial charge on any atom is -0.480 e. The zero-order chi connectivity index (χ0) is 13.3. The molecular formula is C12H26N2O3. The van der Waals surface area contributed by atoms with Gasteiger partial charge in [-0.15, -0.1) is 0 Å². The predicted octanol–water partition coefficient (Wildman–Crippen LogP) is 0.654. The van der Waals surface area contributed by atoms with Crippen LogP contribution in [0, 0.1) is 5.92 Å². The van der Waals surface area contributed by atoms with Crippen LogP contribution in [-0.4, -0.2) is 61.9 Å². The summed E-state index contributed by atoms with van der Waals surface area (Å²) in [5, 5.41) is 12.2. The molecule has 0 radical (unpaired) electrons. The summed E-state index contributed by atoms with van der Waals surface area (Å²) in [6, 6.07) is -0.537. The second-order valence-corrected chi connectivity index (χ2v) is 4.23. The number of likely N-dealkylation sites (N-methyl/N-ethyl adjacent to an activating group) is 1. The highest BCUT2D eigenvalue weighted by atomic mass is 16.5. The van der Waals surface area contributed by atoms with Gasteiger partial charge in [0, 0.05) is 26.1 Å². The van der Waals surface area contributed by atoms with Gasteiger partial charge in [0.1, 0.15) is 6.04 Å². The first kappa shape index (κ1) is 16.4.